The molecule has 0 aliphatic heterocycles. The average molecular weight is 204 g/mol. The molecule has 0 saturated heterocycles. The summed E-state index contributed by atoms with van der Waals surface area (Å²) in [7, 11) is 1.71. The minimum absolute atomic E-state index is 0.439. The fourth-order valence-electron chi connectivity index (χ4n) is 1.40. The largest absolute Gasteiger partial charge is 0.293 e. The second-order valence-electron chi connectivity index (χ2n) is 3.83. The van der Waals surface area contributed by atoms with Crippen molar-refractivity contribution in [3.63, 3.8) is 0 Å². The van der Waals surface area contributed by atoms with Crippen LogP contribution in [0.2, 0.25) is 0 Å². The minimum Gasteiger partial charge on any atom is -0.293 e. The Morgan fingerprint density at radius 3 is 2.47 bits per heavy atom. The molecule has 0 N–H and O–H groups in total. The molecule has 15 heavy (non-hydrogen) atoms. The number of aliphatic imine (C=N–C) groups is 1. The van der Waals surface area contributed by atoms with Crippen molar-refractivity contribution in [2.75, 3.05) is 7.05 Å². The molecule has 0 atom stereocenters. The average Bonchev–Trinajstić information content (AvgIpc) is 2.27. The molecule has 0 saturated carbocycles. The Hall–Kier alpha value is -1.51. The Morgan fingerprint density at radius 2 is 2.00 bits per heavy atom. The van der Waals surface area contributed by atoms with Gasteiger partial charge in [0.25, 0.3) is 0 Å². The van der Waals surface area contributed by atoms with Crippen molar-refractivity contribution in [2.45, 2.75) is 26.7 Å². The predicted octanol–water partition coefficient (Wildman–Crippen LogP) is 3.65. The fraction of sp³-hybridized carbons (Fsp3) is 0.417. The maximum atomic E-state index is 10.6. The van der Waals surface area contributed by atoms with Crippen molar-refractivity contribution in [1.29, 1.82) is 0 Å². The minimum atomic E-state index is 0.439. The van der Waals surface area contributed by atoms with E-state index in [0.717, 1.165) is 11.3 Å². The van der Waals surface area contributed by atoms with Gasteiger partial charge in [-0.25, -0.2) is 0 Å². The molecular formula is C12H16N2O. The Labute approximate surface area is 90.2 Å². The van der Waals surface area contributed by atoms with E-state index >= 15 is 0 Å². The molecule has 0 aromatic heterocycles. The van der Waals surface area contributed by atoms with Crippen LogP contribution in [0.5, 0.6) is 0 Å². The smallest absolute Gasteiger partial charge is 0.117 e. The quantitative estimate of drug-likeness (QED) is 0.547. The van der Waals surface area contributed by atoms with Gasteiger partial charge in [0.15, 0.2) is 0 Å². The van der Waals surface area contributed by atoms with Crippen LogP contribution in [0, 0.1) is 4.91 Å². The topological polar surface area (TPSA) is 41.8 Å². The molecule has 0 bridgehead atoms. The Bertz CT molecular complexity index is 395. The van der Waals surface area contributed by atoms with Gasteiger partial charge in [0.05, 0.1) is 0 Å². The van der Waals surface area contributed by atoms with Gasteiger partial charge in [-0.1, -0.05) is 19.9 Å². The lowest BCUT2D eigenvalue weighted by molar-refractivity contribution is 0.866. The molecule has 0 aliphatic carbocycles. The second-order valence-corrected chi connectivity index (χ2v) is 3.83. The highest BCUT2D eigenvalue weighted by Crippen LogP contribution is 2.25. The van der Waals surface area contributed by atoms with E-state index in [1.165, 1.54) is 5.56 Å². The summed E-state index contributed by atoms with van der Waals surface area (Å²) in [5.74, 6) is 0.439. The zero-order valence-corrected chi connectivity index (χ0v) is 9.61. The monoisotopic (exact) mass is 204 g/mol. The number of hydrogen-bond acceptors (Lipinski definition) is 3. The summed E-state index contributed by atoms with van der Waals surface area (Å²) in [6, 6.07) is 5.68. The number of benzene rings is 1. The Kier molecular flexibility index (Phi) is 3.72. The van der Waals surface area contributed by atoms with Gasteiger partial charge < -0.3 is 0 Å². The summed E-state index contributed by atoms with van der Waals surface area (Å²) in [5.41, 5.74) is 3.33. The van der Waals surface area contributed by atoms with Gasteiger partial charge in [0.1, 0.15) is 5.69 Å². The molecule has 1 aromatic carbocycles. The van der Waals surface area contributed by atoms with E-state index in [2.05, 4.69) is 24.0 Å². The van der Waals surface area contributed by atoms with E-state index in [4.69, 9.17) is 0 Å². The highest BCUT2D eigenvalue weighted by molar-refractivity contribution is 6.03. The molecule has 3 nitrogen and oxygen atoms in total. The van der Waals surface area contributed by atoms with E-state index in [-0.39, 0.29) is 0 Å². The SMILES string of the molecule is CN=C(C)c1cc(C(C)C)ccc1N=O. The lowest BCUT2D eigenvalue weighted by Crippen LogP contribution is -1.97. The van der Waals surface area contributed by atoms with Crippen molar-refractivity contribution in [3.8, 4) is 0 Å². The first-order valence-electron chi connectivity index (χ1n) is 5.01. The van der Waals surface area contributed by atoms with Crippen LogP contribution < -0.4 is 0 Å². The van der Waals surface area contributed by atoms with Crippen LogP contribution in [0.4, 0.5) is 5.69 Å². The van der Waals surface area contributed by atoms with Crippen LogP contribution in [0.25, 0.3) is 0 Å². The van der Waals surface area contributed by atoms with Crippen molar-refractivity contribution in [1.82, 2.24) is 0 Å². The van der Waals surface area contributed by atoms with Gasteiger partial charge in [-0.15, -0.1) is 4.91 Å². The standard InChI is InChI=1S/C12H16N2O/c1-8(2)10-5-6-12(14-15)11(7-10)9(3)13-4/h5-8H,1-4H3. The van der Waals surface area contributed by atoms with Gasteiger partial charge in [-0.2, -0.15) is 0 Å². The van der Waals surface area contributed by atoms with Crippen molar-refractivity contribution < 1.29 is 0 Å². The van der Waals surface area contributed by atoms with E-state index in [1.54, 1.807) is 13.1 Å². The van der Waals surface area contributed by atoms with Gasteiger partial charge in [0, 0.05) is 18.3 Å². The molecule has 1 aromatic rings. The molecular weight excluding hydrogens is 188 g/mol. The zero-order valence-electron chi connectivity index (χ0n) is 9.61. The first-order chi connectivity index (χ1) is 7.10. The normalized spacial score (nSPS) is 11.9. The Balaban J connectivity index is 3.31. The summed E-state index contributed by atoms with van der Waals surface area (Å²) in [4.78, 5) is 14.7. The van der Waals surface area contributed by atoms with Crippen molar-refractivity contribution in [2.24, 2.45) is 10.2 Å². The van der Waals surface area contributed by atoms with Crippen LogP contribution >= 0.6 is 0 Å². The molecule has 0 aliphatic rings. The molecule has 0 spiro atoms. The molecule has 0 radical (unpaired) electrons. The molecule has 0 heterocycles. The van der Waals surface area contributed by atoms with Crippen LogP contribution in [0.1, 0.15) is 37.8 Å². The van der Waals surface area contributed by atoms with Gasteiger partial charge >= 0.3 is 0 Å². The molecule has 80 valence electrons. The number of nitroso groups, excluding NO2 is 1. The van der Waals surface area contributed by atoms with Crippen LogP contribution in [-0.4, -0.2) is 12.8 Å². The lowest BCUT2D eigenvalue weighted by Gasteiger charge is -2.09. The summed E-state index contributed by atoms with van der Waals surface area (Å²) < 4.78 is 0. The van der Waals surface area contributed by atoms with Crippen LogP contribution in [-0.2, 0) is 0 Å². The van der Waals surface area contributed by atoms with Gasteiger partial charge in [-0.05, 0) is 35.7 Å². The lowest BCUT2D eigenvalue weighted by atomic mass is 9.98. The van der Waals surface area contributed by atoms with E-state index in [1.807, 2.05) is 19.1 Å². The maximum absolute atomic E-state index is 10.6. The third-order valence-electron chi connectivity index (χ3n) is 2.51. The fourth-order valence-corrected chi connectivity index (χ4v) is 1.40. The molecule has 0 unspecified atom stereocenters. The van der Waals surface area contributed by atoms with Crippen molar-refractivity contribution in [3.05, 3.63) is 34.2 Å². The predicted molar refractivity (Wildman–Crippen MR) is 64.1 cm³/mol. The maximum Gasteiger partial charge on any atom is 0.117 e. The summed E-state index contributed by atoms with van der Waals surface area (Å²) in [6.07, 6.45) is 0. The van der Waals surface area contributed by atoms with E-state index < -0.39 is 0 Å². The molecule has 3 heteroatoms. The molecule has 1 rings (SSSR count). The summed E-state index contributed by atoms with van der Waals surface area (Å²) in [5, 5.41) is 3.01. The van der Waals surface area contributed by atoms with E-state index in [9.17, 15) is 4.91 Å². The highest BCUT2D eigenvalue weighted by Gasteiger charge is 2.08. The zero-order chi connectivity index (χ0) is 11.4. The van der Waals surface area contributed by atoms with E-state index in [0.29, 0.717) is 11.6 Å². The van der Waals surface area contributed by atoms with Crippen LogP contribution in [0.3, 0.4) is 0 Å². The summed E-state index contributed by atoms with van der Waals surface area (Å²) in [6.45, 7) is 6.12. The first-order valence-corrected chi connectivity index (χ1v) is 5.01. The van der Waals surface area contributed by atoms with Gasteiger partial charge in [-0.3, -0.25) is 4.99 Å². The number of rotatable bonds is 3. The molecule has 0 amide bonds. The Morgan fingerprint density at radius 1 is 1.33 bits per heavy atom. The van der Waals surface area contributed by atoms with Crippen LogP contribution in [0.15, 0.2) is 28.4 Å². The number of nitrogens with zero attached hydrogens (tertiary/aromatic N) is 2. The van der Waals surface area contributed by atoms with Gasteiger partial charge in [0.2, 0.25) is 0 Å². The number of hydrogen-bond donors (Lipinski definition) is 0. The van der Waals surface area contributed by atoms with Crippen molar-refractivity contribution >= 4 is 11.4 Å². The first kappa shape index (κ1) is 11.6. The summed E-state index contributed by atoms with van der Waals surface area (Å²) >= 11 is 0. The third-order valence-corrected chi connectivity index (χ3v) is 2.51. The highest BCUT2D eigenvalue weighted by atomic mass is 16.3. The third kappa shape index (κ3) is 2.49. The second kappa shape index (κ2) is 4.82. The molecule has 0 fully saturated rings.